The highest BCUT2D eigenvalue weighted by molar-refractivity contribution is 5.93. The van der Waals surface area contributed by atoms with Gasteiger partial charge in [0.25, 0.3) is 0 Å². The molecule has 18 heavy (non-hydrogen) atoms. The van der Waals surface area contributed by atoms with Crippen LogP contribution in [0.2, 0.25) is 0 Å². The molecule has 2 heterocycles. The second-order valence-corrected chi connectivity index (χ2v) is 4.43. The van der Waals surface area contributed by atoms with Crippen LogP contribution in [0.25, 0.3) is 0 Å². The van der Waals surface area contributed by atoms with Crippen molar-refractivity contribution in [2.24, 2.45) is 5.92 Å². The predicted octanol–water partition coefficient (Wildman–Crippen LogP) is 0.906. The average Bonchev–Trinajstić information content (AvgIpc) is 2.71. The van der Waals surface area contributed by atoms with Crippen LogP contribution in [0.1, 0.15) is 25.8 Å². The zero-order chi connectivity index (χ0) is 13.0. The SMILES string of the molecule is CCCC(C#N)C(=O)Nc1ccnn1C1CNC1. The number of rotatable bonds is 5. The molecule has 1 atom stereocenters. The molecule has 0 aromatic carbocycles. The van der Waals surface area contributed by atoms with Crippen LogP contribution >= 0.6 is 0 Å². The van der Waals surface area contributed by atoms with Crippen LogP contribution in [0, 0.1) is 17.2 Å². The molecule has 1 aliphatic rings. The number of amides is 1. The largest absolute Gasteiger partial charge is 0.312 e. The smallest absolute Gasteiger partial charge is 0.242 e. The number of nitriles is 1. The van der Waals surface area contributed by atoms with Gasteiger partial charge in [0.2, 0.25) is 5.91 Å². The summed E-state index contributed by atoms with van der Waals surface area (Å²) in [6.45, 7) is 3.68. The minimum atomic E-state index is -0.585. The minimum Gasteiger partial charge on any atom is -0.312 e. The fourth-order valence-corrected chi connectivity index (χ4v) is 1.91. The molecule has 2 rings (SSSR count). The lowest BCUT2D eigenvalue weighted by molar-refractivity contribution is -0.118. The minimum absolute atomic E-state index is 0.242. The first-order valence-electron chi connectivity index (χ1n) is 6.21. The van der Waals surface area contributed by atoms with Gasteiger partial charge in [0.1, 0.15) is 11.7 Å². The molecule has 1 unspecified atom stereocenters. The van der Waals surface area contributed by atoms with Crippen molar-refractivity contribution in [3.63, 3.8) is 0 Å². The normalized spacial score (nSPS) is 16.7. The van der Waals surface area contributed by atoms with Gasteiger partial charge in [-0.2, -0.15) is 10.4 Å². The molecule has 0 radical (unpaired) electrons. The summed E-state index contributed by atoms with van der Waals surface area (Å²) in [6.07, 6.45) is 3.06. The van der Waals surface area contributed by atoms with Crippen LogP contribution in [0.5, 0.6) is 0 Å². The molecule has 1 saturated heterocycles. The lowest BCUT2D eigenvalue weighted by Gasteiger charge is -2.28. The van der Waals surface area contributed by atoms with Gasteiger partial charge in [0, 0.05) is 19.2 Å². The number of hydrogen-bond acceptors (Lipinski definition) is 4. The Kier molecular flexibility index (Phi) is 3.95. The number of carbonyl (C=O) groups excluding carboxylic acids is 1. The van der Waals surface area contributed by atoms with E-state index in [4.69, 9.17) is 5.26 Å². The van der Waals surface area contributed by atoms with E-state index in [1.165, 1.54) is 0 Å². The summed E-state index contributed by atoms with van der Waals surface area (Å²) in [6, 6.07) is 4.09. The Balaban J connectivity index is 2.02. The van der Waals surface area contributed by atoms with Gasteiger partial charge < -0.3 is 10.6 Å². The van der Waals surface area contributed by atoms with E-state index in [0.29, 0.717) is 18.3 Å². The van der Waals surface area contributed by atoms with Crippen molar-refractivity contribution in [3.05, 3.63) is 12.3 Å². The number of aromatic nitrogens is 2. The monoisotopic (exact) mass is 247 g/mol. The summed E-state index contributed by atoms with van der Waals surface area (Å²) in [5.41, 5.74) is 0. The topological polar surface area (TPSA) is 82.7 Å². The third-order valence-corrected chi connectivity index (χ3v) is 3.08. The standard InChI is InChI=1S/C12H17N5O/c1-2-3-9(6-13)12(18)16-11-4-5-15-17(11)10-7-14-8-10/h4-5,9-10,14H,2-3,7-8H2,1H3,(H,16,18). The molecule has 0 saturated carbocycles. The van der Waals surface area contributed by atoms with Crippen LogP contribution < -0.4 is 10.6 Å². The van der Waals surface area contributed by atoms with Crippen LogP contribution in [0.15, 0.2) is 12.3 Å². The van der Waals surface area contributed by atoms with Gasteiger partial charge in [0.15, 0.2) is 0 Å². The molecule has 2 N–H and O–H groups in total. The third kappa shape index (κ3) is 2.51. The summed E-state index contributed by atoms with van der Waals surface area (Å²) in [5.74, 6) is -0.158. The van der Waals surface area contributed by atoms with Gasteiger partial charge in [-0.1, -0.05) is 13.3 Å². The predicted molar refractivity (Wildman–Crippen MR) is 66.8 cm³/mol. The Hall–Kier alpha value is -1.87. The lowest BCUT2D eigenvalue weighted by Crippen LogP contribution is -2.44. The zero-order valence-corrected chi connectivity index (χ0v) is 10.4. The van der Waals surface area contributed by atoms with E-state index in [2.05, 4.69) is 15.7 Å². The van der Waals surface area contributed by atoms with Crippen molar-refractivity contribution < 1.29 is 4.79 Å². The Morgan fingerprint density at radius 2 is 2.56 bits per heavy atom. The Labute approximate surface area is 106 Å². The summed E-state index contributed by atoms with van der Waals surface area (Å²) in [4.78, 5) is 11.9. The molecule has 0 bridgehead atoms. The molecule has 1 aromatic heterocycles. The second kappa shape index (κ2) is 5.65. The zero-order valence-electron chi connectivity index (χ0n) is 10.4. The number of anilines is 1. The number of nitrogens with one attached hydrogen (secondary N) is 2. The van der Waals surface area contributed by atoms with E-state index < -0.39 is 5.92 Å². The Bertz CT molecular complexity index is 457. The van der Waals surface area contributed by atoms with Gasteiger partial charge in [0.05, 0.1) is 18.3 Å². The van der Waals surface area contributed by atoms with Crippen molar-refractivity contribution >= 4 is 11.7 Å². The van der Waals surface area contributed by atoms with Crippen molar-refractivity contribution in [3.8, 4) is 6.07 Å². The molecule has 0 spiro atoms. The highest BCUT2D eigenvalue weighted by Crippen LogP contribution is 2.18. The fraction of sp³-hybridized carbons (Fsp3) is 0.583. The van der Waals surface area contributed by atoms with E-state index in [0.717, 1.165) is 19.5 Å². The first-order chi connectivity index (χ1) is 8.76. The highest BCUT2D eigenvalue weighted by Gasteiger charge is 2.24. The van der Waals surface area contributed by atoms with Gasteiger partial charge in [-0.25, -0.2) is 4.68 Å². The average molecular weight is 247 g/mol. The quantitative estimate of drug-likeness (QED) is 0.810. The lowest BCUT2D eigenvalue weighted by atomic mass is 10.1. The Morgan fingerprint density at radius 1 is 1.78 bits per heavy atom. The molecule has 6 nitrogen and oxygen atoms in total. The molecule has 1 fully saturated rings. The summed E-state index contributed by atoms with van der Waals surface area (Å²) in [7, 11) is 0. The molecular weight excluding hydrogens is 230 g/mol. The maximum absolute atomic E-state index is 11.9. The summed E-state index contributed by atoms with van der Waals surface area (Å²) >= 11 is 0. The summed E-state index contributed by atoms with van der Waals surface area (Å²) in [5, 5.41) is 19.1. The first kappa shape index (κ1) is 12.6. The molecular formula is C12H17N5O. The molecule has 1 amide bonds. The molecule has 1 aliphatic heterocycles. The van der Waals surface area contributed by atoms with Crippen molar-refractivity contribution in [2.45, 2.75) is 25.8 Å². The highest BCUT2D eigenvalue weighted by atomic mass is 16.2. The van der Waals surface area contributed by atoms with Crippen LogP contribution in [0.4, 0.5) is 5.82 Å². The second-order valence-electron chi connectivity index (χ2n) is 4.43. The molecule has 1 aromatic rings. The number of hydrogen-bond donors (Lipinski definition) is 2. The van der Waals surface area contributed by atoms with E-state index in [1.54, 1.807) is 16.9 Å². The number of carbonyl (C=O) groups is 1. The third-order valence-electron chi connectivity index (χ3n) is 3.08. The maximum atomic E-state index is 11.9. The van der Waals surface area contributed by atoms with Crippen molar-refractivity contribution in [2.75, 3.05) is 18.4 Å². The van der Waals surface area contributed by atoms with E-state index in [1.807, 2.05) is 13.0 Å². The fourth-order valence-electron chi connectivity index (χ4n) is 1.91. The van der Waals surface area contributed by atoms with E-state index >= 15 is 0 Å². The Morgan fingerprint density at radius 3 is 3.11 bits per heavy atom. The molecule has 0 aliphatic carbocycles. The van der Waals surface area contributed by atoms with Gasteiger partial charge in [-0.15, -0.1) is 0 Å². The van der Waals surface area contributed by atoms with Crippen molar-refractivity contribution in [1.29, 1.82) is 5.26 Å². The van der Waals surface area contributed by atoms with Crippen LogP contribution in [-0.4, -0.2) is 28.8 Å². The summed E-state index contributed by atoms with van der Waals surface area (Å²) < 4.78 is 1.80. The molecule has 96 valence electrons. The van der Waals surface area contributed by atoms with Gasteiger partial charge in [-0.3, -0.25) is 4.79 Å². The van der Waals surface area contributed by atoms with Crippen molar-refractivity contribution in [1.82, 2.24) is 15.1 Å². The maximum Gasteiger partial charge on any atom is 0.242 e. The number of nitrogens with zero attached hydrogens (tertiary/aromatic N) is 3. The van der Waals surface area contributed by atoms with Crippen LogP contribution in [0.3, 0.4) is 0 Å². The van der Waals surface area contributed by atoms with E-state index in [-0.39, 0.29) is 5.91 Å². The van der Waals surface area contributed by atoms with Gasteiger partial charge >= 0.3 is 0 Å². The van der Waals surface area contributed by atoms with Crippen LogP contribution in [-0.2, 0) is 4.79 Å². The first-order valence-corrected chi connectivity index (χ1v) is 6.21. The molecule has 6 heteroatoms. The van der Waals surface area contributed by atoms with E-state index in [9.17, 15) is 4.79 Å². The van der Waals surface area contributed by atoms with Gasteiger partial charge in [-0.05, 0) is 6.42 Å².